The van der Waals surface area contributed by atoms with Gasteiger partial charge in [0.15, 0.2) is 0 Å². The summed E-state index contributed by atoms with van der Waals surface area (Å²) in [6.45, 7) is 2.05. The topological polar surface area (TPSA) is 83.5 Å². The van der Waals surface area contributed by atoms with Crippen LogP contribution in [0.3, 0.4) is 0 Å². The first kappa shape index (κ1) is 21.0. The molecule has 150 valence electrons. The maximum Gasteiger partial charge on any atom is 0.337 e. The predicted octanol–water partition coefficient (Wildman–Crippen LogP) is 4.83. The zero-order valence-corrected chi connectivity index (χ0v) is 17.5. The van der Waals surface area contributed by atoms with E-state index < -0.39 is 16.0 Å². The van der Waals surface area contributed by atoms with Gasteiger partial charge in [-0.15, -0.1) is 11.8 Å². The lowest BCUT2D eigenvalue weighted by atomic mass is 10.1. The summed E-state index contributed by atoms with van der Waals surface area (Å²) in [6, 6.07) is 20.8. The third kappa shape index (κ3) is 5.62. The van der Waals surface area contributed by atoms with Crippen LogP contribution in [-0.2, 0) is 16.4 Å². The highest BCUT2D eigenvalue weighted by molar-refractivity contribution is 7.99. The maximum atomic E-state index is 12.5. The smallest absolute Gasteiger partial charge is 0.337 e. The molecule has 0 fully saturated rings. The van der Waals surface area contributed by atoms with Gasteiger partial charge in [-0.05, 0) is 49.2 Å². The summed E-state index contributed by atoms with van der Waals surface area (Å²) < 4.78 is 27.4. The summed E-state index contributed by atoms with van der Waals surface area (Å²) in [7, 11) is -3.86. The molecule has 0 atom stereocenters. The fraction of sp³-hybridized carbons (Fsp3) is 0.136. The van der Waals surface area contributed by atoms with Crippen LogP contribution in [0, 0.1) is 6.92 Å². The Labute approximate surface area is 174 Å². The number of anilines is 1. The van der Waals surface area contributed by atoms with Gasteiger partial charge >= 0.3 is 5.97 Å². The third-order valence-corrected chi connectivity index (χ3v) is 6.64. The number of nitrogens with one attached hydrogen (secondary N) is 1. The number of carboxylic acid groups (broad SMARTS) is 1. The Morgan fingerprint density at radius 3 is 2.45 bits per heavy atom. The first-order chi connectivity index (χ1) is 13.8. The molecule has 0 aliphatic rings. The molecule has 0 aliphatic carbocycles. The molecule has 0 aromatic heterocycles. The number of hydrogen-bond donors (Lipinski definition) is 2. The van der Waals surface area contributed by atoms with Crippen LogP contribution in [0.1, 0.15) is 21.5 Å². The van der Waals surface area contributed by atoms with Gasteiger partial charge in [-0.1, -0.05) is 48.0 Å². The van der Waals surface area contributed by atoms with Crippen molar-refractivity contribution in [3.63, 3.8) is 0 Å². The van der Waals surface area contributed by atoms with Crippen molar-refractivity contribution in [1.29, 1.82) is 0 Å². The van der Waals surface area contributed by atoms with E-state index in [1.165, 1.54) is 47.2 Å². The van der Waals surface area contributed by atoms with Gasteiger partial charge < -0.3 is 5.11 Å². The Bertz CT molecular complexity index is 1110. The predicted molar refractivity (Wildman–Crippen MR) is 116 cm³/mol. The van der Waals surface area contributed by atoms with Gasteiger partial charge in [-0.3, -0.25) is 4.72 Å². The minimum absolute atomic E-state index is 0.0457. The van der Waals surface area contributed by atoms with E-state index in [0.29, 0.717) is 0 Å². The normalized spacial score (nSPS) is 11.2. The van der Waals surface area contributed by atoms with Crippen LogP contribution in [0.25, 0.3) is 0 Å². The lowest BCUT2D eigenvalue weighted by Crippen LogP contribution is -2.15. The Kier molecular flexibility index (Phi) is 6.61. The molecule has 0 amide bonds. The summed E-state index contributed by atoms with van der Waals surface area (Å²) in [5, 5.41) is 9.55. The molecule has 2 N–H and O–H groups in total. The Hall–Kier alpha value is -2.77. The third-order valence-electron chi connectivity index (χ3n) is 4.26. The summed E-state index contributed by atoms with van der Waals surface area (Å²) in [5.41, 5.74) is 2.40. The summed E-state index contributed by atoms with van der Waals surface area (Å²) in [6.07, 6.45) is 0.858. The minimum atomic E-state index is -3.86. The van der Waals surface area contributed by atoms with Crippen LogP contribution >= 0.6 is 11.8 Å². The molecule has 5 nitrogen and oxygen atoms in total. The number of hydrogen-bond acceptors (Lipinski definition) is 4. The summed E-state index contributed by atoms with van der Waals surface area (Å²) in [4.78, 5) is 12.5. The van der Waals surface area contributed by atoms with Gasteiger partial charge in [0.25, 0.3) is 10.0 Å². The first-order valence-electron chi connectivity index (χ1n) is 8.99. The molecular weight excluding hydrogens is 406 g/mol. The zero-order valence-electron chi connectivity index (χ0n) is 15.8. The van der Waals surface area contributed by atoms with E-state index in [0.717, 1.165) is 17.1 Å². The highest BCUT2D eigenvalue weighted by atomic mass is 32.2. The van der Waals surface area contributed by atoms with E-state index in [9.17, 15) is 18.3 Å². The fourth-order valence-corrected chi connectivity index (χ4v) is 4.88. The van der Waals surface area contributed by atoms with Crippen molar-refractivity contribution in [2.45, 2.75) is 23.1 Å². The van der Waals surface area contributed by atoms with E-state index in [1.54, 1.807) is 24.3 Å². The van der Waals surface area contributed by atoms with Gasteiger partial charge in [0, 0.05) is 10.6 Å². The van der Waals surface area contributed by atoms with Gasteiger partial charge in [0.2, 0.25) is 0 Å². The van der Waals surface area contributed by atoms with E-state index in [2.05, 4.69) is 16.9 Å². The highest BCUT2D eigenvalue weighted by Crippen LogP contribution is 2.27. The first-order valence-corrected chi connectivity index (χ1v) is 11.5. The molecule has 0 saturated heterocycles. The number of rotatable bonds is 8. The largest absolute Gasteiger partial charge is 0.478 e. The second-order valence-electron chi connectivity index (χ2n) is 6.52. The van der Waals surface area contributed by atoms with Crippen molar-refractivity contribution >= 4 is 33.4 Å². The number of benzene rings is 3. The minimum Gasteiger partial charge on any atom is -0.478 e. The second-order valence-corrected chi connectivity index (χ2v) is 9.37. The number of aromatic carboxylic acids is 1. The number of carboxylic acids is 1. The van der Waals surface area contributed by atoms with Crippen LogP contribution < -0.4 is 4.72 Å². The number of aryl methyl sites for hydroxylation is 2. The SMILES string of the molecule is Cc1cccc(CCSc2ccc(NS(=O)(=O)c3ccccc3)c(C(=O)O)c2)c1. The monoisotopic (exact) mass is 427 g/mol. The number of thioether (sulfide) groups is 1. The van der Waals surface area contributed by atoms with Crippen molar-refractivity contribution in [2.24, 2.45) is 0 Å². The molecule has 0 saturated carbocycles. The molecule has 0 bridgehead atoms. The summed E-state index contributed by atoms with van der Waals surface area (Å²) >= 11 is 1.54. The number of sulfonamides is 1. The van der Waals surface area contributed by atoms with Crippen LogP contribution in [0.5, 0.6) is 0 Å². The standard InChI is InChI=1S/C22H21NO4S2/c1-16-6-5-7-17(14-16)12-13-28-18-10-11-21(20(15-18)22(24)25)23-29(26,27)19-8-3-2-4-9-19/h2-11,14-15,23H,12-13H2,1H3,(H,24,25). The molecule has 0 radical (unpaired) electrons. The van der Waals surface area contributed by atoms with Crippen molar-refractivity contribution < 1.29 is 18.3 Å². The van der Waals surface area contributed by atoms with E-state index in [1.807, 2.05) is 19.1 Å². The van der Waals surface area contributed by atoms with Crippen molar-refractivity contribution in [3.05, 3.63) is 89.5 Å². The second kappa shape index (κ2) is 9.15. The average Bonchev–Trinajstić information content (AvgIpc) is 2.69. The van der Waals surface area contributed by atoms with Gasteiger partial charge in [-0.2, -0.15) is 0 Å². The quantitative estimate of drug-likeness (QED) is 0.503. The molecular formula is C22H21NO4S2. The molecule has 3 aromatic rings. The van der Waals surface area contributed by atoms with Crippen molar-refractivity contribution in [1.82, 2.24) is 0 Å². The molecule has 0 heterocycles. The molecule has 0 spiro atoms. The van der Waals surface area contributed by atoms with Gasteiger partial charge in [-0.25, -0.2) is 13.2 Å². The molecule has 7 heteroatoms. The maximum absolute atomic E-state index is 12.5. The van der Waals surface area contributed by atoms with E-state index >= 15 is 0 Å². The summed E-state index contributed by atoms with van der Waals surface area (Å²) in [5.74, 6) is -0.394. The van der Waals surface area contributed by atoms with E-state index in [4.69, 9.17) is 0 Å². The van der Waals surface area contributed by atoms with Crippen LogP contribution in [-0.4, -0.2) is 25.2 Å². The van der Waals surface area contributed by atoms with Crippen LogP contribution in [0.4, 0.5) is 5.69 Å². The lowest BCUT2D eigenvalue weighted by Gasteiger charge is -2.12. The van der Waals surface area contributed by atoms with Crippen LogP contribution in [0.15, 0.2) is 82.6 Å². The molecule has 0 aliphatic heterocycles. The van der Waals surface area contributed by atoms with Crippen molar-refractivity contribution in [2.75, 3.05) is 10.5 Å². The lowest BCUT2D eigenvalue weighted by molar-refractivity contribution is 0.0698. The Balaban J connectivity index is 1.74. The average molecular weight is 428 g/mol. The highest BCUT2D eigenvalue weighted by Gasteiger charge is 2.18. The van der Waals surface area contributed by atoms with Gasteiger partial charge in [0.05, 0.1) is 16.1 Å². The Morgan fingerprint density at radius 1 is 1.00 bits per heavy atom. The molecule has 3 rings (SSSR count). The zero-order chi connectivity index (χ0) is 20.9. The Morgan fingerprint density at radius 2 is 1.76 bits per heavy atom. The molecule has 29 heavy (non-hydrogen) atoms. The molecule has 0 unspecified atom stereocenters. The van der Waals surface area contributed by atoms with Crippen LogP contribution in [0.2, 0.25) is 0 Å². The fourth-order valence-electron chi connectivity index (χ4n) is 2.84. The number of carbonyl (C=O) groups is 1. The van der Waals surface area contributed by atoms with Crippen molar-refractivity contribution in [3.8, 4) is 0 Å². The van der Waals surface area contributed by atoms with E-state index in [-0.39, 0.29) is 16.1 Å². The van der Waals surface area contributed by atoms with Gasteiger partial charge in [0.1, 0.15) is 0 Å². The molecule has 3 aromatic carbocycles.